The quantitative estimate of drug-likeness (QED) is 0.815. The third kappa shape index (κ3) is 5.59. The Hall–Kier alpha value is -2.88. The van der Waals surface area contributed by atoms with Crippen LogP contribution in [0.15, 0.2) is 24.3 Å². The highest BCUT2D eigenvalue weighted by Gasteiger charge is 2.26. The van der Waals surface area contributed by atoms with Gasteiger partial charge in [0.2, 0.25) is 5.91 Å². The number of anilines is 1. The molecule has 1 N–H and O–H groups in total. The third-order valence-electron chi connectivity index (χ3n) is 4.19. The SMILES string of the molecule is CC1CC(C)CN(C(=O)COC(=O)c2ccc(NC(=O)CC#N)cc2)C1. The van der Waals surface area contributed by atoms with Gasteiger partial charge in [0.05, 0.1) is 11.6 Å². The zero-order valence-electron chi connectivity index (χ0n) is 15.0. The zero-order valence-corrected chi connectivity index (χ0v) is 15.0. The monoisotopic (exact) mass is 357 g/mol. The van der Waals surface area contributed by atoms with Crippen LogP contribution in [0.2, 0.25) is 0 Å². The number of hydrogen-bond acceptors (Lipinski definition) is 5. The average Bonchev–Trinajstić information content (AvgIpc) is 2.59. The molecule has 2 unspecified atom stereocenters. The minimum Gasteiger partial charge on any atom is -0.452 e. The fourth-order valence-electron chi connectivity index (χ4n) is 3.14. The van der Waals surface area contributed by atoms with Gasteiger partial charge in [0.1, 0.15) is 6.42 Å². The molecule has 1 aliphatic rings. The number of nitriles is 1. The van der Waals surface area contributed by atoms with Gasteiger partial charge >= 0.3 is 5.97 Å². The number of nitrogens with zero attached hydrogens (tertiary/aromatic N) is 2. The molecule has 7 heteroatoms. The van der Waals surface area contributed by atoms with E-state index in [1.807, 2.05) is 0 Å². The van der Waals surface area contributed by atoms with E-state index in [1.54, 1.807) is 23.1 Å². The topological polar surface area (TPSA) is 99.5 Å². The van der Waals surface area contributed by atoms with Gasteiger partial charge in [-0.05, 0) is 42.5 Å². The molecule has 26 heavy (non-hydrogen) atoms. The molecule has 0 aromatic heterocycles. The second-order valence-electron chi connectivity index (χ2n) is 6.78. The van der Waals surface area contributed by atoms with Gasteiger partial charge in [0.25, 0.3) is 5.91 Å². The van der Waals surface area contributed by atoms with Crippen molar-refractivity contribution in [1.29, 1.82) is 5.26 Å². The summed E-state index contributed by atoms with van der Waals surface area (Å²) in [6.45, 7) is 5.33. The van der Waals surface area contributed by atoms with Crippen molar-refractivity contribution in [3.05, 3.63) is 29.8 Å². The molecule has 2 atom stereocenters. The van der Waals surface area contributed by atoms with Crippen LogP contribution in [0.5, 0.6) is 0 Å². The van der Waals surface area contributed by atoms with Crippen molar-refractivity contribution in [2.24, 2.45) is 11.8 Å². The van der Waals surface area contributed by atoms with E-state index in [0.29, 0.717) is 30.6 Å². The van der Waals surface area contributed by atoms with E-state index < -0.39 is 11.9 Å². The molecular weight excluding hydrogens is 334 g/mol. The number of benzene rings is 1. The number of esters is 1. The highest BCUT2D eigenvalue weighted by atomic mass is 16.5. The van der Waals surface area contributed by atoms with Gasteiger partial charge < -0.3 is 15.0 Å². The number of hydrogen-bond donors (Lipinski definition) is 1. The van der Waals surface area contributed by atoms with Crippen molar-refractivity contribution in [3.8, 4) is 6.07 Å². The molecule has 1 aromatic carbocycles. The molecule has 1 heterocycles. The van der Waals surface area contributed by atoms with Crippen LogP contribution in [0.1, 0.15) is 37.0 Å². The summed E-state index contributed by atoms with van der Waals surface area (Å²) in [7, 11) is 0. The molecule has 2 amide bonds. The lowest BCUT2D eigenvalue weighted by atomic mass is 9.92. The predicted molar refractivity (Wildman–Crippen MR) is 95.1 cm³/mol. The number of rotatable bonds is 5. The molecule has 7 nitrogen and oxygen atoms in total. The Kier molecular flexibility index (Phi) is 6.73. The molecule has 0 saturated carbocycles. The van der Waals surface area contributed by atoms with Gasteiger partial charge in [-0.2, -0.15) is 5.26 Å². The lowest BCUT2D eigenvalue weighted by Gasteiger charge is -2.34. The first kappa shape index (κ1) is 19.4. The third-order valence-corrected chi connectivity index (χ3v) is 4.19. The van der Waals surface area contributed by atoms with Gasteiger partial charge in [0, 0.05) is 18.8 Å². The average molecular weight is 357 g/mol. The summed E-state index contributed by atoms with van der Waals surface area (Å²) in [5, 5.41) is 11.0. The Morgan fingerprint density at radius 3 is 2.38 bits per heavy atom. The van der Waals surface area contributed by atoms with E-state index >= 15 is 0 Å². The predicted octanol–water partition coefficient (Wildman–Crippen LogP) is 2.20. The Bertz CT molecular complexity index is 698. The second kappa shape index (κ2) is 8.99. The smallest absolute Gasteiger partial charge is 0.338 e. The molecule has 1 fully saturated rings. The van der Waals surface area contributed by atoms with Crippen LogP contribution in [0.25, 0.3) is 0 Å². The fraction of sp³-hybridized carbons (Fsp3) is 0.474. The van der Waals surface area contributed by atoms with Gasteiger partial charge in [-0.15, -0.1) is 0 Å². The van der Waals surface area contributed by atoms with Crippen molar-refractivity contribution in [3.63, 3.8) is 0 Å². The lowest BCUT2D eigenvalue weighted by Crippen LogP contribution is -2.44. The molecule has 1 aromatic rings. The van der Waals surface area contributed by atoms with Crippen LogP contribution in [0.3, 0.4) is 0 Å². The largest absolute Gasteiger partial charge is 0.452 e. The number of piperidine rings is 1. The van der Waals surface area contributed by atoms with Crippen LogP contribution in [0, 0.1) is 23.2 Å². The summed E-state index contributed by atoms with van der Waals surface area (Å²) < 4.78 is 5.11. The summed E-state index contributed by atoms with van der Waals surface area (Å²) in [4.78, 5) is 37.4. The maximum atomic E-state index is 12.2. The van der Waals surface area contributed by atoms with Crippen molar-refractivity contribution in [2.45, 2.75) is 26.7 Å². The molecule has 0 bridgehead atoms. The van der Waals surface area contributed by atoms with Gasteiger partial charge in [0.15, 0.2) is 6.61 Å². The number of likely N-dealkylation sites (tertiary alicyclic amines) is 1. The molecule has 138 valence electrons. The minimum absolute atomic E-state index is 0.183. The van der Waals surface area contributed by atoms with Crippen LogP contribution in [-0.2, 0) is 14.3 Å². The van der Waals surface area contributed by atoms with E-state index in [9.17, 15) is 14.4 Å². The summed E-state index contributed by atoms with van der Waals surface area (Å²) >= 11 is 0. The van der Waals surface area contributed by atoms with Crippen molar-refractivity contribution in [1.82, 2.24) is 4.90 Å². The molecule has 0 radical (unpaired) electrons. The highest BCUT2D eigenvalue weighted by Crippen LogP contribution is 2.21. The van der Waals surface area contributed by atoms with Crippen molar-refractivity contribution in [2.75, 3.05) is 25.0 Å². The summed E-state index contributed by atoms with van der Waals surface area (Å²) in [6, 6.07) is 7.84. The van der Waals surface area contributed by atoms with Crippen LogP contribution < -0.4 is 5.32 Å². The Labute approximate surface area is 152 Å². The molecular formula is C19H23N3O4. The Morgan fingerprint density at radius 1 is 1.19 bits per heavy atom. The van der Waals surface area contributed by atoms with Crippen LogP contribution in [-0.4, -0.2) is 42.4 Å². The number of ether oxygens (including phenoxy) is 1. The first-order chi connectivity index (χ1) is 12.4. The Balaban J connectivity index is 1.85. The molecule has 1 saturated heterocycles. The standard InChI is InChI=1S/C19H23N3O4/c1-13-9-14(2)11-22(10-13)18(24)12-26-19(25)15-3-5-16(6-4-15)21-17(23)7-8-20/h3-6,13-14H,7,9-12H2,1-2H3,(H,21,23). The first-order valence-corrected chi connectivity index (χ1v) is 8.60. The van der Waals surface area contributed by atoms with E-state index in [0.717, 1.165) is 6.42 Å². The Morgan fingerprint density at radius 2 is 1.81 bits per heavy atom. The van der Waals surface area contributed by atoms with Crippen LogP contribution in [0.4, 0.5) is 5.69 Å². The second-order valence-corrected chi connectivity index (χ2v) is 6.78. The highest BCUT2D eigenvalue weighted by molar-refractivity contribution is 5.94. The van der Waals surface area contributed by atoms with Gasteiger partial charge in [-0.25, -0.2) is 4.79 Å². The number of carbonyl (C=O) groups excluding carboxylic acids is 3. The van der Waals surface area contributed by atoms with E-state index in [4.69, 9.17) is 10.00 Å². The number of amides is 2. The lowest BCUT2D eigenvalue weighted by molar-refractivity contribution is -0.137. The normalized spacial score (nSPS) is 19.3. The summed E-state index contributed by atoms with van der Waals surface area (Å²) in [6.07, 6.45) is 0.862. The van der Waals surface area contributed by atoms with Crippen molar-refractivity contribution >= 4 is 23.5 Å². The van der Waals surface area contributed by atoms with E-state index in [-0.39, 0.29) is 24.5 Å². The molecule has 2 rings (SSSR count). The van der Waals surface area contributed by atoms with E-state index in [1.165, 1.54) is 12.1 Å². The number of carbonyl (C=O) groups is 3. The summed E-state index contributed by atoms with van der Waals surface area (Å²) in [5.41, 5.74) is 0.769. The maximum absolute atomic E-state index is 12.2. The van der Waals surface area contributed by atoms with Crippen molar-refractivity contribution < 1.29 is 19.1 Å². The molecule has 0 spiro atoms. The maximum Gasteiger partial charge on any atom is 0.338 e. The first-order valence-electron chi connectivity index (χ1n) is 8.60. The molecule has 0 aliphatic carbocycles. The summed E-state index contributed by atoms with van der Waals surface area (Å²) in [5.74, 6) is -0.300. The fourth-order valence-corrected chi connectivity index (χ4v) is 3.14. The van der Waals surface area contributed by atoms with Gasteiger partial charge in [-0.3, -0.25) is 9.59 Å². The minimum atomic E-state index is -0.591. The van der Waals surface area contributed by atoms with Gasteiger partial charge in [-0.1, -0.05) is 13.8 Å². The number of nitrogens with one attached hydrogen (secondary N) is 1. The van der Waals surface area contributed by atoms with E-state index in [2.05, 4.69) is 19.2 Å². The van der Waals surface area contributed by atoms with Crippen LogP contribution >= 0.6 is 0 Å². The zero-order chi connectivity index (χ0) is 19.1. The molecule has 1 aliphatic heterocycles.